The molecule has 2 atom stereocenters. The van der Waals surface area contributed by atoms with Crippen LogP contribution in [0.1, 0.15) is 65.7 Å². The van der Waals surface area contributed by atoms with E-state index in [9.17, 15) is 0 Å². The van der Waals surface area contributed by atoms with Crippen molar-refractivity contribution in [3.63, 3.8) is 0 Å². The van der Waals surface area contributed by atoms with Crippen LogP contribution in [0.2, 0.25) is 0 Å². The van der Waals surface area contributed by atoms with Crippen LogP contribution in [0.5, 0.6) is 0 Å². The summed E-state index contributed by atoms with van der Waals surface area (Å²) in [4.78, 5) is 2.69. The summed E-state index contributed by atoms with van der Waals surface area (Å²) in [5, 5.41) is 3.67. The quantitative estimate of drug-likeness (QED) is 0.654. The van der Waals surface area contributed by atoms with E-state index in [1.165, 1.54) is 64.6 Å². The summed E-state index contributed by atoms with van der Waals surface area (Å²) in [6, 6.07) is 1.55. The first-order chi connectivity index (χ1) is 8.27. The molecule has 1 aliphatic heterocycles. The number of nitrogens with zero attached hydrogens (tertiary/aromatic N) is 1. The number of hydrogen-bond donors (Lipinski definition) is 1. The third-order valence-electron chi connectivity index (χ3n) is 4.00. The minimum atomic E-state index is 0.775. The first-order valence-corrected chi connectivity index (χ1v) is 7.75. The van der Waals surface area contributed by atoms with Crippen LogP contribution in [0.3, 0.4) is 0 Å². The summed E-state index contributed by atoms with van der Waals surface area (Å²) >= 11 is 0. The molecule has 2 heteroatoms. The monoisotopic (exact) mass is 240 g/mol. The molecular weight excluding hydrogens is 208 g/mol. The Balaban J connectivity index is 2.14. The van der Waals surface area contributed by atoms with Crippen molar-refractivity contribution in [1.82, 2.24) is 10.2 Å². The number of piperidine rings is 1. The number of rotatable bonds is 8. The van der Waals surface area contributed by atoms with Crippen LogP contribution >= 0.6 is 0 Å². The summed E-state index contributed by atoms with van der Waals surface area (Å²) < 4.78 is 0. The van der Waals surface area contributed by atoms with Crippen LogP contribution in [0, 0.1) is 0 Å². The average Bonchev–Trinajstić information content (AvgIpc) is 2.34. The van der Waals surface area contributed by atoms with Crippen molar-refractivity contribution in [2.45, 2.75) is 77.8 Å². The van der Waals surface area contributed by atoms with Gasteiger partial charge in [0.25, 0.3) is 0 Å². The molecule has 1 aliphatic rings. The maximum Gasteiger partial charge on any atom is 0.00940 e. The fourth-order valence-corrected chi connectivity index (χ4v) is 2.83. The molecule has 0 aromatic heterocycles. The smallest absolute Gasteiger partial charge is 0.00940 e. The summed E-state index contributed by atoms with van der Waals surface area (Å²) in [6.45, 7) is 10.7. The van der Waals surface area contributed by atoms with Gasteiger partial charge < -0.3 is 10.2 Å². The van der Waals surface area contributed by atoms with Crippen LogP contribution < -0.4 is 5.32 Å². The van der Waals surface area contributed by atoms with Crippen LogP contribution in [0.15, 0.2) is 0 Å². The van der Waals surface area contributed by atoms with Crippen LogP contribution in [0.4, 0.5) is 0 Å². The Morgan fingerprint density at radius 1 is 1.12 bits per heavy atom. The lowest BCUT2D eigenvalue weighted by atomic mass is 9.97. The molecule has 2 nitrogen and oxygen atoms in total. The van der Waals surface area contributed by atoms with Crippen molar-refractivity contribution >= 4 is 0 Å². The molecule has 0 radical (unpaired) electrons. The van der Waals surface area contributed by atoms with E-state index >= 15 is 0 Å². The van der Waals surface area contributed by atoms with E-state index in [2.05, 4.69) is 31.0 Å². The van der Waals surface area contributed by atoms with E-state index in [4.69, 9.17) is 0 Å². The second-order valence-corrected chi connectivity index (χ2v) is 5.62. The topological polar surface area (TPSA) is 15.3 Å². The van der Waals surface area contributed by atoms with Crippen molar-refractivity contribution in [3.05, 3.63) is 0 Å². The standard InChI is InChI=1S/C15H32N2/c1-4-6-7-8-11-17-12-9-15(13-14(17)3)16-10-5-2/h14-16H,4-13H2,1-3H3. The Kier molecular flexibility index (Phi) is 7.87. The maximum atomic E-state index is 3.67. The highest BCUT2D eigenvalue weighted by Gasteiger charge is 2.24. The Bertz CT molecular complexity index is 182. The molecule has 0 aromatic rings. The molecule has 1 fully saturated rings. The van der Waals surface area contributed by atoms with E-state index in [-0.39, 0.29) is 0 Å². The Hall–Kier alpha value is -0.0800. The minimum absolute atomic E-state index is 0.775. The van der Waals surface area contributed by atoms with Gasteiger partial charge in [-0.25, -0.2) is 0 Å². The lowest BCUT2D eigenvalue weighted by Crippen LogP contribution is -2.47. The van der Waals surface area contributed by atoms with E-state index in [1.807, 2.05) is 0 Å². The van der Waals surface area contributed by atoms with Crippen molar-refractivity contribution in [2.75, 3.05) is 19.6 Å². The number of unbranched alkanes of at least 4 members (excludes halogenated alkanes) is 3. The molecule has 2 unspecified atom stereocenters. The highest BCUT2D eigenvalue weighted by molar-refractivity contribution is 4.82. The Morgan fingerprint density at radius 3 is 2.59 bits per heavy atom. The lowest BCUT2D eigenvalue weighted by molar-refractivity contribution is 0.134. The molecule has 0 spiro atoms. The van der Waals surface area contributed by atoms with Gasteiger partial charge in [-0.15, -0.1) is 0 Å². The van der Waals surface area contributed by atoms with Crippen molar-refractivity contribution < 1.29 is 0 Å². The first kappa shape index (κ1) is 15.0. The van der Waals surface area contributed by atoms with Crippen LogP contribution in [-0.4, -0.2) is 36.6 Å². The average molecular weight is 240 g/mol. The van der Waals surface area contributed by atoms with Crippen LogP contribution in [-0.2, 0) is 0 Å². The predicted molar refractivity (Wildman–Crippen MR) is 76.5 cm³/mol. The summed E-state index contributed by atoms with van der Waals surface area (Å²) in [6.07, 6.45) is 9.50. The van der Waals surface area contributed by atoms with Gasteiger partial charge in [-0.2, -0.15) is 0 Å². The van der Waals surface area contributed by atoms with Gasteiger partial charge in [-0.05, 0) is 52.2 Å². The Labute approximate surface area is 108 Å². The molecule has 0 bridgehead atoms. The molecule has 0 aromatic carbocycles. The summed E-state index contributed by atoms with van der Waals surface area (Å²) in [5.41, 5.74) is 0. The molecule has 1 heterocycles. The van der Waals surface area contributed by atoms with E-state index in [0.29, 0.717) is 0 Å². The van der Waals surface area contributed by atoms with Gasteiger partial charge in [0.1, 0.15) is 0 Å². The van der Waals surface area contributed by atoms with Crippen molar-refractivity contribution in [1.29, 1.82) is 0 Å². The fraction of sp³-hybridized carbons (Fsp3) is 1.00. The summed E-state index contributed by atoms with van der Waals surface area (Å²) in [5.74, 6) is 0. The van der Waals surface area contributed by atoms with E-state index in [1.54, 1.807) is 0 Å². The van der Waals surface area contributed by atoms with Gasteiger partial charge >= 0.3 is 0 Å². The number of likely N-dealkylation sites (tertiary alicyclic amines) is 1. The van der Waals surface area contributed by atoms with Gasteiger partial charge in [0.2, 0.25) is 0 Å². The largest absolute Gasteiger partial charge is 0.314 e. The van der Waals surface area contributed by atoms with E-state index in [0.717, 1.165) is 12.1 Å². The fourth-order valence-electron chi connectivity index (χ4n) is 2.83. The van der Waals surface area contributed by atoms with Crippen LogP contribution in [0.25, 0.3) is 0 Å². The number of nitrogens with one attached hydrogen (secondary N) is 1. The third-order valence-corrected chi connectivity index (χ3v) is 4.00. The zero-order chi connectivity index (χ0) is 12.5. The molecule has 17 heavy (non-hydrogen) atoms. The molecular formula is C15H32N2. The van der Waals surface area contributed by atoms with Gasteiger partial charge in [0.05, 0.1) is 0 Å². The molecule has 0 aliphatic carbocycles. The molecule has 1 saturated heterocycles. The molecule has 0 amide bonds. The molecule has 1 N–H and O–H groups in total. The zero-order valence-electron chi connectivity index (χ0n) is 12.2. The normalized spacial score (nSPS) is 26.3. The zero-order valence-corrected chi connectivity index (χ0v) is 12.2. The Morgan fingerprint density at radius 2 is 1.94 bits per heavy atom. The SMILES string of the molecule is CCCCCCN1CCC(NCCC)CC1C. The number of hydrogen-bond acceptors (Lipinski definition) is 2. The predicted octanol–water partition coefficient (Wildman–Crippen LogP) is 3.42. The lowest BCUT2D eigenvalue weighted by Gasteiger charge is -2.38. The van der Waals surface area contributed by atoms with Gasteiger partial charge in [0, 0.05) is 12.1 Å². The third kappa shape index (κ3) is 5.87. The van der Waals surface area contributed by atoms with Gasteiger partial charge in [-0.3, -0.25) is 0 Å². The second-order valence-electron chi connectivity index (χ2n) is 5.62. The van der Waals surface area contributed by atoms with Crippen molar-refractivity contribution in [3.8, 4) is 0 Å². The van der Waals surface area contributed by atoms with Gasteiger partial charge in [-0.1, -0.05) is 33.1 Å². The highest BCUT2D eigenvalue weighted by Crippen LogP contribution is 2.18. The maximum absolute atomic E-state index is 3.67. The van der Waals surface area contributed by atoms with Gasteiger partial charge in [0.15, 0.2) is 0 Å². The molecule has 102 valence electrons. The summed E-state index contributed by atoms with van der Waals surface area (Å²) in [7, 11) is 0. The highest BCUT2D eigenvalue weighted by atomic mass is 15.2. The molecule has 0 saturated carbocycles. The van der Waals surface area contributed by atoms with E-state index < -0.39 is 0 Å². The minimum Gasteiger partial charge on any atom is -0.314 e. The second kappa shape index (κ2) is 8.93. The van der Waals surface area contributed by atoms with Crippen molar-refractivity contribution in [2.24, 2.45) is 0 Å². The molecule has 1 rings (SSSR count). The first-order valence-electron chi connectivity index (χ1n) is 7.75.